The van der Waals surface area contributed by atoms with E-state index in [9.17, 15) is 4.79 Å². The highest BCUT2D eigenvalue weighted by Crippen LogP contribution is 2.25. The van der Waals surface area contributed by atoms with Crippen LogP contribution in [0.4, 0.5) is 5.82 Å². The molecule has 0 radical (unpaired) electrons. The van der Waals surface area contributed by atoms with Gasteiger partial charge in [0.1, 0.15) is 10.6 Å². The third kappa shape index (κ3) is 4.06. The number of carbonyl (C=O) groups is 1. The van der Waals surface area contributed by atoms with Crippen molar-refractivity contribution in [1.29, 1.82) is 0 Å². The van der Waals surface area contributed by atoms with Crippen molar-refractivity contribution < 1.29 is 9.53 Å². The monoisotopic (exact) mass is 312 g/mol. The fraction of sp³-hybridized carbons (Fsp3) is 0.417. The number of rotatable bonds is 7. The molecule has 0 saturated heterocycles. The van der Waals surface area contributed by atoms with Crippen LogP contribution in [0.25, 0.3) is 10.2 Å². The number of methoxy groups -OCH3 is 1. The summed E-state index contributed by atoms with van der Waals surface area (Å²) in [6, 6.07) is 1.90. The maximum Gasteiger partial charge on any atom is 0.230 e. The highest BCUT2D eigenvalue weighted by atomic mass is 32.2. The Morgan fingerprint density at radius 1 is 1.55 bits per heavy atom. The van der Waals surface area contributed by atoms with Gasteiger partial charge in [-0.2, -0.15) is 0 Å². The molecule has 0 fully saturated rings. The van der Waals surface area contributed by atoms with Crippen molar-refractivity contribution in [1.82, 2.24) is 15.3 Å². The number of aromatic nitrogens is 2. The average Bonchev–Trinajstić information content (AvgIpc) is 2.90. The minimum atomic E-state index is -0.0421. The number of thiophene rings is 1. The predicted octanol–water partition coefficient (Wildman–Crippen LogP) is 1.52. The van der Waals surface area contributed by atoms with Gasteiger partial charge in [0, 0.05) is 20.3 Å². The minimum absolute atomic E-state index is 0.0421. The Kier molecular flexibility index (Phi) is 5.57. The zero-order chi connectivity index (χ0) is 14.4. The molecular formula is C12H16N4O2S2. The van der Waals surface area contributed by atoms with Crippen molar-refractivity contribution in [3.05, 3.63) is 11.4 Å². The molecule has 0 spiro atoms. The number of carbonyl (C=O) groups excluding carboxylic acids is 1. The molecule has 1 amide bonds. The highest BCUT2D eigenvalue weighted by molar-refractivity contribution is 7.99. The number of nitrogen functional groups attached to an aromatic ring is 1. The molecule has 6 nitrogen and oxygen atoms in total. The van der Waals surface area contributed by atoms with E-state index in [0.29, 0.717) is 24.1 Å². The molecule has 2 rings (SSSR count). The molecule has 0 atom stereocenters. The number of anilines is 1. The minimum Gasteiger partial charge on any atom is -0.385 e. The lowest BCUT2D eigenvalue weighted by atomic mass is 10.4. The molecule has 0 aliphatic carbocycles. The number of nitrogens with zero attached hydrogens (tertiary/aromatic N) is 2. The van der Waals surface area contributed by atoms with Crippen molar-refractivity contribution in [3.8, 4) is 0 Å². The smallest absolute Gasteiger partial charge is 0.230 e. The summed E-state index contributed by atoms with van der Waals surface area (Å²) in [7, 11) is 1.64. The number of thioether (sulfide) groups is 1. The van der Waals surface area contributed by atoms with Crippen molar-refractivity contribution in [2.75, 3.05) is 31.7 Å². The number of hydrogen-bond donors (Lipinski definition) is 2. The Morgan fingerprint density at radius 2 is 2.40 bits per heavy atom. The maximum absolute atomic E-state index is 11.6. The summed E-state index contributed by atoms with van der Waals surface area (Å²) in [5, 5.41) is 6.13. The summed E-state index contributed by atoms with van der Waals surface area (Å²) in [4.78, 5) is 21.0. The van der Waals surface area contributed by atoms with Crippen LogP contribution in [0, 0.1) is 0 Å². The van der Waals surface area contributed by atoms with Gasteiger partial charge >= 0.3 is 0 Å². The van der Waals surface area contributed by atoms with Gasteiger partial charge in [-0.05, 0) is 17.9 Å². The van der Waals surface area contributed by atoms with E-state index < -0.39 is 0 Å². The highest BCUT2D eigenvalue weighted by Gasteiger charge is 2.09. The first kappa shape index (κ1) is 15.0. The van der Waals surface area contributed by atoms with E-state index in [1.54, 1.807) is 7.11 Å². The van der Waals surface area contributed by atoms with Crippen LogP contribution in [0.5, 0.6) is 0 Å². The van der Waals surface area contributed by atoms with Gasteiger partial charge in [-0.25, -0.2) is 9.97 Å². The molecule has 0 aliphatic rings. The number of fused-ring (bicyclic) bond motifs is 1. The van der Waals surface area contributed by atoms with Gasteiger partial charge in [-0.3, -0.25) is 4.79 Å². The van der Waals surface area contributed by atoms with Crippen LogP contribution >= 0.6 is 23.1 Å². The lowest BCUT2D eigenvalue weighted by molar-refractivity contribution is -0.118. The molecule has 2 heterocycles. The Bertz CT molecular complexity index is 588. The van der Waals surface area contributed by atoms with Crippen LogP contribution in [0.2, 0.25) is 0 Å². The van der Waals surface area contributed by atoms with Gasteiger partial charge in [0.05, 0.1) is 11.1 Å². The normalized spacial score (nSPS) is 10.8. The van der Waals surface area contributed by atoms with Crippen LogP contribution in [-0.2, 0) is 9.53 Å². The average molecular weight is 312 g/mol. The van der Waals surface area contributed by atoms with Crippen molar-refractivity contribution >= 4 is 45.0 Å². The Hall–Kier alpha value is -1.38. The molecule has 20 heavy (non-hydrogen) atoms. The van der Waals surface area contributed by atoms with Gasteiger partial charge < -0.3 is 15.8 Å². The maximum atomic E-state index is 11.6. The Morgan fingerprint density at radius 3 is 3.20 bits per heavy atom. The third-order valence-electron chi connectivity index (χ3n) is 2.51. The molecule has 0 saturated carbocycles. The summed E-state index contributed by atoms with van der Waals surface area (Å²) in [6.07, 6.45) is 0.803. The summed E-state index contributed by atoms with van der Waals surface area (Å²) in [5.41, 5.74) is 5.85. The first-order valence-corrected chi connectivity index (χ1v) is 7.96. The van der Waals surface area contributed by atoms with Gasteiger partial charge in [-0.15, -0.1) is 11.3 Å². The van der Waals surface area contributed by atoms with Gasteiger partial charge in [0.2, 0.25) is 5.91 Å². The van der Waals surface area contributed by atoms with E-state index in [-0.39, 0.29) is 11.7 Å². The number of ether oxygens (including phenoxy) is 1. The van der Waals surface area contributed by atoms with Gasteiger partial charge in [-0.1, -0.05) is 11.8 Å². The summed E-state index contributed by atoms with van der Waals surface area (Å²) in [5.74, 6) is 0.697. The van der Waals surface area contributed by atoms with Crippen molar-refractivity contribution in [2.45, 2.75) is 11.6 Å². The summed E-state index contributed by atoms with van der Waals surface area (Å²) < 4.78 is 4.91. The van der Waals surface area contributed by atoms with E-state index >= 15 is 0 Å². The second-order valence-corrected chi connectivity index (χ2v) is 5.85. The quantitative estimate of drug-likeness (QED) is 0.458. The molecule has 0 aromatic carbocycles. The number of nitrogens with two attached hydrogens (primary N) is 1. The topological polar surface area (TPSA) is 90.1 Å². The number of amides is 1. The molecule has 3 N–H and O–H groups in total. The van der Waals surface area contributed by atoms with Gasteiger partial charge in [0.25, 0.3) is 0 Å². The van der Waals surface area contributed by atoms with Gasteiger partial charge in [0.15, 0.2) is 5.16 Å². The summed E-state index contributed by atoms with van der Waals surface area (Å²) >= 11 is 2.80. The van der Waals surface area contributed by atoms with Crippen LogP contribution < -0.4 is 11.1 Å². The molecule has 8 heteroatoms. The van der Waals surface area contributed by atoms with E-state index in [1.807, 2.05) is 11.4 Å². The molecule has 2 aromatic heterocycles. The summed E-state index contributed by atoms with van der Waals surface area (Å²) in [6.45, 7) is 1.25. The second-order valence-electron chi connectivity index (χ2n) is 4.02. The van der Waals surface area contributed by atoms with Crippen LogP contribution in [0.3, 0.4) is 0 Å². The molecule has 2 aromatic rings. The Labute approximate surface area is 125 Å². The first-order chi connectivity index (χ1) is 9.70. The standard InChI is InChI=1S/C12H16N4O2S2/c1-18-5-2-4-14-9(17)7-20-12-15-10(13)8-3-6-19-11(8)16-12/h3,6H,2,4-5,7H2,1H3,(H,14,17)(H2,13,15,16). The third-order valence-corrected chi connectivity index (χ3v) is 4.17. The molecule has 0 bridgehead atoms. The molecule has 108 valence electrons. The molecule has 0 aliphatic heterocycles. The lowest BCUT2D eigenvalue weighted by Gasteiger charge is -2.04. The number of nitrogens with one attached hydrogen (secondary N) is 1. The van der Waals surface area contributed by atoms with Crippen molar-refractivity contribution in [2.24, 2.45) is 0 Å². The fourth-order valence-corrected chi connectivity index (χ4v) is 3.06. The zero-order valence-corrected chi connectivity index (χ0v) is 12.7. The SMILES string of the molecule is COCCCNC(=O)CSc1nc(N)c2ccsc2n1. The van der Waals surface area contributed by atoms with E-state index in [0.717, 1.165) is 16.6 Å². The molecular weight excluding hydrogens is 296 g/mol. The van der Waals surface area contributed by atoms with Crippen LogP contribution in [0.1, 0.15) is 6.42 Å². The van der Waals surface area contributed by atoms with E-state index in [4.69, 9.17) is 10.5 Å². The Balaban J connectivity index is 1.84. The first-order valence-electron chi connectivity index (χ1n) is 6.10. The van der Waals surface area contributed by atoms with Crippen LogP contribution in [0.15, 0.2) is 16.6 Å². The lowest BCUT2D eigenvalue weighted by Crippen LogP contribution is -2.26. The van der Waals surface area contributed by atoms with Crippen molar-refractivity contribution in [3.63, 3.8) is 0 Å². The van der Waals surface area contributed by atoms with Crippen LogP contribution in [-0.4, -0.2) is 41.9 Å². The number of hydrogen-bond acceptors (Lipinski definition) is 7. The fourth-order valence-electron chi connectivity index (χ4n) is 1.55. The molecule has 0 unspecified atom stereocenters. The zero-order valence-electron chi connectivity index (χ0n) is 11.1. The van der Waals surface area contributed by atoms with E-state index in [1.165, 1.54) is 23.1 Å². The largest absolute Gasteiger partial charge is 0.385 e. The van der Waals surface area contributed by atoms with E-state index in [2.05, 4.69) is 15.3 Å². The second kappa shape index (κ2) is 7.41. The predicted molar refractivity (Wildman–Crippen MR) is 82.1 cm³/mol.